The van der Waals surface area contributed by atoms with Gasteiger partial charge in [0.2, 0.25) is 0 Å². The van der Waals surface area contributed by atoms with Crippen LogP contribution in [0.3, 0.4) is 0 Å². The average molecular weight is 443 g/mol. The monoisotopic (exact) mass is 441 g/mol. The molecule has 3 rings (SSSR count). The molecule has 1 saturated heterocycles. The van der Waals surface area contributed by atoms with Crippen molar-refractivity contribution in [3.63, 3.8) is 0 Å². The Hall–Kier alpha value is -1.07. The molecule has 134 valence electrons. The second-order valence-electron chi connectivity index (χ2n) is 6.01. The minimum absolute atomic E-state index is 0. The van der Waals surface area contributed by atoms with Gasteiger partial charge in [-0.25, -0.2) is 0 Å². The molecule has 3 nitrogen and oxygen atoms in total. The van der Waals surface area contributed by atoms with E-state index in [4.69, 9.17) is 16.7 Å². The van der Waals surface area contributed by atoms with Gasteiger partial charge in [0, 0.05) is 42.2 Å². The lowest BCUT2D eigenvalue weighted by molar-refractivity contribution is 0.130. The molecule has 0 aliphatic carbocycles. The zero-order chi connectivity index (χ0) is 16.9. The van der Waals surface area contributed by atoms with E-state index < -0.39 is 0 Å². The van der Waals surface area contributed by atoms with Crippen molar-refractivity contribution in [2.24, 2.45) is 5.10 Å². The van der Waals surface area contributed by atoms with Crippen molar-refractivity contribution in [2.75, 3.05) is 26.2 Å². The molecule has 1 aliphatic rings. The lowest BCUT2D eigenvalue weighted by Crippen LogP contribution is -2.43. The van der Waals surface area contributed by atoms with Gasteiger partial charge in [0.05, 0.1) is 5.71 Å². The first-order chi connectivity index (χ1) is 11.6. The number of halogens is 3. The van der Waals surface area contributed by atoms with E-state index >= 15 is 0 Å². The first kappa shape index (κ1) is 20.2. The van der Waals surface area contributed by atoms with Crippen molar-refractivity contribution in [2.45, 2.75) is 13.5 Å². The zero-order valence-electron chi connectivity index (χ0n) is 14.2. The molecule has 2 aromatic rings. The molecule has 25 heavy (non-hydrogen) atoms. The Bertz CT molecular complexity index is 711. The molecule has 0 radical (unpaired) electrons. The molecule has 1 fully saturated rings. The number of hydrogen-bond acceptors (Lipinski definition) is 3. The van der Waals surface area contributed by atoms with Crippen molar-refractivity contribution < 1.29 is 0 Å². The summed E-state index contributed by atoms with van der Waals surface area (Å²) >= 11 is 9.72. The van der Waals surface area contributed by atoms with Crippen LogP contribution in [0.4, 0.5) is 0 Å². The number of hydrogen-bond donors (Lipinski definition) is 0. The summed E-state index contributed by atoms with van der Waals surface area (Å²) in [6.45, 7) is 6.86. The van der Waals surface area contributed by atoms with Gasteiger partial charge in [-0.15, -0.1) is 12.4 Å². The van der Waals surface area contributed by atoms with Gasteiger partial charge in [-0.1, -0.05) is 57.9 Å². The van der Waals surface area contributed by atoms with Gasteiger partial charge in [-0.05, 0) is 36.2 Å². The number of benzene rings is 2. The van der Waals surface area contributed by atoms with Crippen LogP contribution in [0.2, 0.25) is 5.02 Å². The van der Waals surface area contributed by atoms with E-state index in [2.05, 4.69) is 63.1 Å². The topological polar surface area (TPSA) is 18.8 Å². The van der Waals surface area contributed by atoms with Gasteiger partial charge >= 0.3 is 0 Å². The zero-order valence-corrected chi connectivity index (χ0v) is 17.3. The van der Waals surface area contributed by atoms with Crippen LogP contribution in [0.15, 0.2) is 58.1 Å². The lowest BCUT2D eigenvalue weighted by Gasteiger charge is -2.33. The molecule has 6 heteroatoms. The minimum atomic E-state index is 0. The molecule has 1 aliphatic heterocycles. The molecule has 0 spiro atoms. The van der Waals surface area contributed by atoms with Crippen LogP contribution in [-0.2, 0) is 6.54 Å². The maximum Gasteiger partial charge on any atom is 0.0646 e. The molecule has 1 heterocycles. The van der Waals surface area contributed by atoms with E-state index in [0.717, 1.165) is 53.5 Å². The standard InChI is InChI=1S/C19H21BrClN3.ClH/c1-15(16-6-8-18(20)9-7-16)22-24-12-10-23(11-13-24)14-17-4-2-3-5-19(17)21;/h2-9H,10-14H2,1H3;1H/b22-15+;. The third-order valence-electron chi connectivity index (χ3n) is 4.25. The molecule has 0 saturated carbocycles. The summed E-state index contributed by atoms with van der Waals surface area (Å²) in [6.07, 6.45) is 0. The Labute approximate surface area is 169 Å². The summed E-state index contributed by atoms with van der Waals surface area (Å²) < 4.78 is 1.09. The first-order valence-electron chi connectivity index (χ1n) is 8.13. The van der Waals surface area contributed by atoms with E-state index in [1.165, 1.54) is 5.56 Å². The van der Waals surface area contributed by atoms with Gasteiger partial charge in [0.25, 0.3) is 0 Å². The van der Waals surface area contributed by atoms with Crippen LogP contribution >= 0.6 is 39.9 Å². The molecule has 0 aromatic heterocycles. The quantitative estimate of drug-likeness (QED) is 0.615. The summed E-state index contributed by atoms with van der Waals surface area (Å²) in [7, 11) is 0. The van der Waals surface area contributed by atoms with Crippen LogP contribution in [0, 0.1) is 0 Å². The summed E-state index contributed by atoms with van der Waals surface area (Å²) in [5, 5.41) is 7.79. The first-order valence-corrected chi connectivity index (χ1v) is 9.31. The van der Waals surface area contributed by atoms with E-state index in [1.807, 2.05) is 18.2 Å². The number of hydrazone groups is 1. The Balaban J connectivity index is 0.00000225. The molecule has 0 amide bonds. The maximum absolute atomic E-state index is 6.26. The number of piperazine rings is 1. The fraction of sp³-hybridized carbons (Fsp3) is 0.316. The van der Waals surface area contributed by atoms with Crippen LogP contribution in [-0.4, -0.2) is 41.8 Å². The number of rotatable bonds is 4. The molecule has 0 bridgehead atoms. The smallest absolute Gasteiger partial charge is 0.0646 e. The Kier molecular flexibility index (Phi) is 7.76. The van der Waals surface area contributed by atoms with E-state index in [1.54, 1.807) is 0 Å². The average Bonchev–Trinajstić information content (AvgIpc) is 2.59. The summed E-state index contributed by atoms with van der Waals surface area (Å²) in [6, 6.07) is 16.4. The Morgan fingerprint density at radius 3 is 2.32 bits per heavy atom. The molecular weight excluding hydrogens is 421 g/mol. The second kappa shape index (κ2) is 9.58. The highest BCUT2D eigenvalue weighted by Crippen LogP contribution is 2.18. The van der Waals surface area contributed by atoms with Crippen LogP contribution in [0.25, 0.3) is 0 Å². The van der Waals surface area contributed by atoms with Crippen molar-refractivity contribution in [3.8, 4) is 0 Å². The van der Waals surface area contributed by atoms with E-state index in [0.29, 0.717) is 0 Å². The van der Waals surface area contributed by atoms with Gasteiger partial charge < -0.3 is 0 Å². The fourth-order valence-corrected chi connectivity index (χ4v) is 3.28. The maximum atomic E-state index is 6.26. The van der Waals surface area contributed by atoms with Crippen molar-refractivity contribution in [1.29, 1.82) is 0 Å². The molecule has 2 aromatic carbocycles. The lowest BCUT2D eigenvalue weighted by atomic mass is 10.1. The summed E-state index contributed by atoms with van der Waals surface area (Å²) in [4.78, 5) is 2.43. The van der Waals surface area contributed by atoms with Gasteiger partial charge in [0.1, 0.15) is 0 Å². The van der Waals surface area contributed by atoms with Gasteiger partial charge in [0.15, 0.2) is 0 Å². The Morgan fingerprint density at radius 2 is 1.68 bits per heavy atom. The Morgan fingerprint density at radius 1 is 1.04 bits per heavy atom. The van der Waals surface area contributed by atoms with Crippen molar-refractivity contribution in [3.05, 3.63) is 69.2 Å². The van der Waals surface area contributed by atoms with Crippen molar-refractivity contribution in [1.82, 2.24) is 9.91 Å². The minimum Gasteiger partial charge on any atom is -0.295 e. The molecule has 0 atom stereocenters. The van der Waals surface area contributed by atoms with E-state index in [-0.39, 0.29) is 12.4 Å². The normalized spacial score (nSPS) is 15.8. The van der Waals surface area contributed by atoms with Crippen LogP contribution < -0.4 is 0 Å². The highest BCUT2D eigenvalue weighted by molar-refractivity contribution is 9.10. The second-order valence-corrected chi connectivity index (χ2v) is 7.34. The summed E-state index contributed by atoms with van der Waals surface area (Å²) in [5.74, 6) is 0. The molecule has 0 unspecified atom stereocenters. The highest BCUT2D eigenvalue weighted by atomic mass is 79.9. The fourth-order valence-electron chi connectivity index (χ4n) is 2.82. The van der Waals surface area contributed by atoms with Gasteiger partial charge in [-0.3, -0.25) is 9.91 Å². The molecule has 0 N–H and O–H groups in total. The highest BCUT2D eigenvalue weighted by Gasteiger charge is 2.16. The third kappa shape index (κ3) is 5.71. The van der Waals surface area contributed by atoms with Gasteiger partial charge in [-0.2, -0.15) is 5.10 Å². The van der Waals surface area contributed by atoms with E-state index in [9.17, 15) is 0 Å². The van der Waals surface area contributed by atoms with Crippen LogP contribution in [0.5, 0.6) is 0 Å². The molecular formula is C19H22BrCl2N3. The number of nitrogens with zero attached hydrogens (tertiary/aromatic N) is 3. The van der Waals surface area contributed by atoms with Crippen molar-refractivity contribution >= 4 is 45.6 Å². The largest absolute Gasteiger partial charge is 0.295 e. The summed E-state index contributed by atoms with van der Waals surface area (Å²) in [5.41, 5.74) is 3.42. The SMILES string of the molecule is C/C(=N\N1CCN(Cc2ccccc2Cl)CC1)c1ccc(Br)cc1.Cl. The predicted molar refractivity (Wildman–Crippen MR) is 112 cm³/mol. The predicted octanol–water partition coefficient (Wildman–Crippen LogP) is 5.07. The third-order valence-corrected chi connectivity index (χ3v) is 5.15. The van der Waals surface area contributed by atoms with Crippen LogP contribution in [0.1, 0.15) is 18.1 Å².